The number of hydrogen-bond acceptors (Lipinski definition) is 2. The Kier molecular flexibility index (Phi) is 5.16. The lowest BCUT2D eigenvalue weighted by Gasteiger charge is -2.12. The van der Waals surface area contributed by atoms with Crippen molar-refractivity contribution in [2.24, 2.45) is 0 Å². The summed E-state index contributed by atoms with van der Waals surface area (Å²) in [5.74, 6) is 0.298. The monoisotopic (exact) mass is 237 g/mol. The molecular formula is C14H20FNO. The lowest BCUT2D eigenvalue weighted by molar-refractivity contribution is 0.345. The standard InChI is InChI=1S/C14H20FNO/c1-10(2)16-8-11(3)9-17-13-6-5-12(4)14(15)7-13/h5-7,10,16H,3,8-9H2,1-2,4H3. The average Bonchev–Trinajstić information content (AvgIpc) is 2.28. The van der Waals surface area contributed by atoms with Gasteiger partial charge in [-0.2, -0.15) is 0 Å². The minimum atomic E-state index is -0.242. The molecule has 0 heterocycles. The smallest absolute Gasteiger partial charge is 0.129 e. The van der Waals surface area contributed by atoms with Crippen molar-refractivity contribution in [2.45, 2.75) is 26.8 Å². The molecule has 1 N–H and O–H groups in total. The zero-order valence-corrected chi connectivity index (χ0v) is 10.7. The maximum absolute atomic E-state index is 13.2. The molecule has 0 radical (unpaired) electrons. The van der Waals surface area contributed by atoms with E-state index in [1.165, 1.54) is 6.07 Å². The van der Waals surface area contributed by atoms with E-state index in [2.05, 4.69) is 25.7 Å². The molecule has 0 spiro atoms. The molecule has 3 heteroatoms. The molecule has 17 heavy (non-hydrogen) atoms. The highest BCUT2D eigenvalue weighted by Gasteiger charge is 2.02. The van der Waals surface area contributed by atoms with Crippen molar-refractivity contribution in [3.05, 3.63) is 41.7 Å². The molecule has 0 fully saturated rings. The van der Waals surface area contributed by atoms with Crippen LogP contribution in [0, 0.1) is 12.7 Å². The summed E-state index contributed by atoms with van der Waals surface area (Å²) in [6, 6.07) is 5.29. The fourth-order valence-corrected chi connectivity index (χ4v) is 1.25. The summed E-state index contributed by atoms with van der Waals surface area (Å²) in [7, 11) is 0. The van der Waals surface area contributed by atoms with Crippen LogP contribution in [0.1, 0.15) is 19.4 Å². The first-order valence-corrected chi connectivity index (χ1v) is 5.78. The normalized spacial score (nSPS) is 10.6. The molecule has 0 unspecified atom stereocenters. The highest BCUT2D eigenvalue weighted by molar-refractivity contribution is 5.28. The van der Waals surface area contributed by atoms with Crippen LogP contribution in [0.2, 0.25) is 0 Å². The van der Waals surface area contributed by atoms with Gasteiger partial charge in [0.05, 0.1) is 0 Å². The minimum Gasteiger partial charge on any atom is -0.489 e. The van der Waals surface area contributed by atoms with E-state index in [0.717, 1.165) is 5.57 Å². The number of halogens is 1. The third-order valence-corrected chi connectivity index (χ3v) is 2.35. The number of ether oxygens (including phenoxy) is 1. The molecule has 0 aromatic heterocycles. The van der Waals surface area contributed by atoms with E-state index in [9.17, 15) is 4.39 Å². The molecule has 2 nitrogen and oxygen atoms in total. The van der Waals surface area contributed by atoms with Crippen LogP contribution in [-0.2, 0) is 0 Å². The lowest BCUT2D eigenvalue weighted by atomic mass is 10.2. The van der Waals surface area contributed by atoms with Crippen LogP contribution in [0.4, 0.5) is 4.39 Å². The first-order chi connectivity index (χ1) is 7.99. The van der Waals surface area contributed by atoms with Gasteiger partial charge in [0, 0.05) is 18.7 Å². The molecule has 0 aliphatic carbocycles. The Morgan fingerprint density at radius 3 is 2.76 bits per heavy atom. The Morgan fingerprint density at radius 1 is 1.47 bits per heavy atom. The number of nitrogens with one attached hydrogen (secondary N) is 1. The van der Waals surface area contributed by atoms with Gasteiger partial charge in [0.1, 0.15) is 18.2 Å². The summed E-state index contributed by atoms with van der Waals surface area (Å²) in [4.78, 5) is 0. The second-order valence-electron chi connectivity index (χ2n) is 4.49. The molecular weight excluding hydrogens is 217 g/mol. The average molecular weight is 237 g/mol. The zero-order chi connectivity index (χ0) is 12.8. The van der Waals surface area contributed by atoms with Crippen LogP contribution in [-0.4, -0.2) is 19.2 Å². The van der Waals surface area contributed by atoms with E-state index in [1.807, 2.05) is 0 Å². The minimum absolute atomic E-state index is 0.242. The topological polar surface area (TPSA) is 21.3 Å². The summed E-state index contributed by atoms with van der Waals surface area (Å²) in [6.07, 6.45) is 0. The first-order valence-electron chi connectivity index (χ1n) is 5.78. The lowest BCUT2D eigenvalue weighted by Crippen LogP contribution is -2.26. The Hall–Kier alpha value is -1.35. The van der Waals surface area contributed by atoms with E-state index in [1.54, 1.807) is 19.1 Å². The quantitative estimate of drug-likeness (QED) is 0.768. The van der Waals surface area contributed by atoms with Crippen molar-refractivity contribution in [3.8, 4) is 5.75 Å². The molecule has 1 aromatic carbocycles. The van der Waals surface area contributed by atoms with Crippen LogP contribution < -0.4 is 10.1 Å². The van der Waals surface area contributed by atoms with E-state index in [4.69, 9.17) is 4.74 Å². The van der Waals surface area contributed by atoms with Crippen LogP contribution in [0.25, 0.3) is 0 Å². The fraction of sp³-hybridized carbons (Fsp3) is 0.429. The Labute approximate surface area is 102 Å². The Morgan fingerprint density at radius 2 is 2.18 bits per heavy atom. The van der Waals surface area contributed by atoms with E-state index < -0.39 is 0 Å². The van der Waals surface area contributed by atoms with Gasteiger partial charge in [0.2, 0.25) is 0 Å². The summed E-state index contributed by atoms with van der Waals surface area (Å²) >= 11 is 0. The number of aryl methyl sites for hydroxylation is 1. The largest absolute Gasteiger partial charge is 0.489 e. The second kappa shape index (κ2) is 6.40. The first kappa shape index (κ1) is 13.7. The van der Waals surface area contributed by atoms with Gasteiger partial charge < -0.3 is 10.1 Å². The summed E-state index contributed by atoms with van der Waals surface area (Å²) < 4.78 is 18.7. The molecule has 0 amide bonds. The van der Waals surface area contributed by atoms with Gasteiger partial charge in [-0.05, 0) is 24.1 Å². The third kappa shape index (κ3) is 5.00. The van der Waals surface area contributed by atoms with E-state index in [0.29, 0.717) is 30.5 Å². The van der Waals surface area contributed by atoms with Crippen LogP contribution in [0.3, 0.4) is 0 Å². The highest BCUT2D eigenvalue weighted by Crippen LogP contribution is 2.16. The number of rotatable bonds is 6. The second-order valence-corrected chi connectivity index (χ2v) is 4.49. The van der Waals surface area contributed by atoms with Gasteiger partial charge in [-0.1, -0.05) is 26.5 Å². The van der Waals surface area contributed by atoms with E-state index >= 15 is 0 Å². The maximum atomic E-state index is 13.2. The van der Waals surface area contributed by atoms with Gasteiger partial charge >= 0.3 is 0 Å². The molecule has 1 rings (SSSR count). The Bertz CT molecular complexity index is 388. The van der Waals surface area contributed by atoms with Gasteiger partial charge in [-0.25, -0.2) is 4.39 Å². The van der Waals surface area contributed by atoms with Crippen LogP contribution in [0.5, 0.6) is 5.75 Å². The van der Waals surface area contributed by atoms with Crippen molar-refractivity contribution >= 4 is 0 Å². The van der Waals surface area contributed by atoms with Crippen LogP contribution in [0.15, 0.2) is 30.4 Å². The number of hydrogen-bond donors (Lipinski definition) is 1. The van der Waals surface area contributed by atoms with Crippen molar-refractivity contribution in [1.82, 2.24) is 5.32 Å². The van der Waals surface area contributed by atoms with Gasteiger partial charge in [0.25, 0.3) is 0 Å². The predicted octanol–water partition coefficient (Wildman–Crippen LogP) is 3.07. The maximum Gasteiger partial charge on any atom is 0.129 e. The summed E-state index contributed by atoms with van der Waals surface area (Å²) in [5, 5.41) is 3.25. The number of benzene rings is 1. The molecule has 0 saturated heterocycles. The predicted molar refractivity (Wildman–Crippen MR) is 68.9 cm³/mol. The highest BCUT2D eigenvalue weighted by atomic mass is 19.1. The summed E-state index contributed by atoms with van der Waals surface area (Å²) in [5.41, 5.74) is 1.57. The van der Waals surface area contributed by atoms with Gasteiger partial charge in [0.15, 0.2) is 0 Å². The molecule has 94 valence electrons. The van der Waals surface area contributed by atoms with Crippen molar-refractivity contribution < 1.29 is 9.13 Å². The van der Waals surface area contributed by atoms with Crippen molar-refractivity contribution in [2.75, 3.05) is 13.2 Å². The summed E-state index contributed by atoms with van der Waals surface area (Å²) in [6.45, 7) is 10.9. The van der Waals surface area contributed by atoms with Gasteiger partial charge in [-0.3, -0.25) is 0 Å². The molecule has 0 aliphatic rings. The Balaban J connectivity index is 2.39. The molecule has 0 atom stereocenters. The van der Waals surface area contributed by atoms with Crippen molar-refractivity contribution in [1.29, 1.82) is 0 Å². The molecule has 0 aliphatic heterocycles. The van der Waals surface area contributed by atoms with E-state index in [-0.39, 0.29) is 5.82 Å². The molecule has 0 saturated carbocycles. The third-order valence-electron chi connectivity index (χ3n) is 2.35. The van der Waals surface area contributed by atoms with Crippen LogP contribution >= 0.6 is 0 Å². The van der Waals surface area contributed by atoms with Crippen molar-refractivity contribution in [3.63, 3.8) is 0 Å². The van der Waals surface area contributed by atoms with Gasteiger partial charge in [-0.15, -0.1) is 0 Å². The molecule has 0 bridgehead atoms. The SMILES string of the molecule is C=C(CNC(C)C)COc1ccc(C)c(F)c1. The molecule has 1 aromatic rings. The fourth-order valence-electron chi connectivity index (χ4n) is 1.25. The zero-order valence-electron chi connectivity index (χ0n) is 10.7.